The minimum Gasteiger partial charge on any atom is -0.388 e. The first-order valence-corrected chi connectivity index (χ1v) is 6.91. The molecule has 4 nitrogen and oxygen atoms in total. The summed E-state index contributed by atoms with van der Waals surface area (Å²) in [6.07, 6.45) is 1.40. The number of nitrogens with zero attached hydrogens (tertiary/aromatic N) is 1. The third-order valence-corrected chi connectivity index (χ3v) is 3.45. The van der Waals surface area contributed by atoms with Gasteiger partial charge in [-0.05, 0) is 18.9 Å². The highest BCUT2D eigenvalue weighted by Crippen LogP contribution is 2.32. The summed E-state index contributed by atoms with van der Waals surface area (Å²) in [5, 5.41) is 9.98. The van der Waals surface area contributed by atoms with Crippen LogP contribution in [0.25, 0.3) is 0 Å². The van der Waals surface area contributed by atoms with Crippen molar-refractivity contribution in [2.45, 2.75) is 18.9 Å². The van der Waals surface area contributed by atoms with E-state index < -0.39 is 0 Å². The minimum absolute atomic E-state index is 0.324. The Hall–Kier alpha value is -1.10. The molecular weight excluding hydrogens is 242 g/mol. The third-order valence-electron chi connectivity index (χ3n) is 3.45. The van der Waals surface area contributed by atoms with Crippen molar-refractivity contribution in [3.63, 3.8) is 0 Å². The van der Waals surface area contributed by atoms with Gasteiger partial charge >= 0.3 is 0 Å². The first kappa shape index (κ1) is 14.3. The van der Waals surface area contributed by atoms with Gasteiger partial charge in [-0.2, -0.15) is 0 Å². The highest BCUT2D eigenvalue weighted by Gasteiger charge is 2.22. The van der Waals surface area contributed by atoms with Crippen LogP contribution in [0.3, 0.4) is 0 Å². The fourth-order valence-electron chi connectivity index (χ4n) is 2.43. The summed E-state index contributed by atoms with van der Waals surface area (Å²) in [7, 11) is 1.70. The molecule has 1 aromatic carbocycles. The Balaban J connectivity index is 1.80. The molecule has 1 N–H and O–H groups in total. The monoisotopic (exact) mass is 265 g/mol. The third kappa shape index (κ3) is 3.93. The lowest BCUT2D eigenvalue weighted by atomic mass is 9.99. The van der Waals surface area contributed by atoms with Gasteiger partial charge in [0.05, 0.1) is 12.7 Å². The zero-order chi connectivity index (χ0) is 13.5. The topological polar surface area (TPSA) is 41.9 Å². The van der Waals surface area contributed by atoms with Crippen LogP contribution in [0, 0.1) is 0 Å². The molecular formula is C15H23NO3. The number of benzene rings is 1. The van der Waals surface area contributed by atoms with Crippen LogP contribution >= 0.6 is 0 Å². The number of fused-ring (bicyclic) bond motifs is 1. The number of hydrogen-bond donors (Lipinski definition) is 1. The Morgan fingerprint density at radius 1 is 1.26 bits per heavy atom. The average Bonchev–Trinajstić information content (AvgIpc) is 2.45. The van der Waals surface area contributed by atoms with Crippen LogP contribution in [0.4, 0.5) is 5.69 Å². The molecule has 4 heteroatoms. The first-order valence-electron chi connectivity index (χ1n) is 6.91. The van der Waals surface area contributed by atoms with Crippen LogP contribution in [0.5, 0.6) is 0 Å². The number of para-hydroxylation sites is 1. The van der Waals surface area contributed by atoms with Gasteiger partial charge < -0.3 is 19.5 Å². The Bertz CT molecular complexity index is 383. The number of ether oxygens (including phenoxy) is 2. The second kappa shape index (κ2) is 7.48. The quantitative estimate of drug-likeness (QED) is 0.766. The van der Waals surface area contributed by atoms with Crippen LogP contribution in [-0.2, 0) is 9.47 Å². The molecule has 1 heterocycles. The Kier molecular flexibility index (Phi) is 5.63. The van der Waals surface area contributed by atoms with Gasteiger partial charge in [-0.3, -0.25) is 0 Å². The molecule has 1 aliphatic heterocycles. The van der Waals surface area contributed by atoms with E-state index in [1.165, 1.54) is 0 Å². The van der Waals surface area contributed by atoms with Gasteiger partial charge in [0, 0.05) is 44.7 Å². The summed E-state index contributed by atoms with van der Waals surface area (Å²) in [5.41, 5.74) is 2.18. The zero-order valence-electron chi connectivity index (χ0n) is 11.5. The van der Waals surface area contributed by atoms with Gasteiger partial charge in [0.1, 0.15) is 0 Å². The molecule has 2 rings (SSSR count). The average molecular weight is 265 g/mol. The van der Waals surface area contributed by atoms with Gasteiger partial charge in [-0.15, -0.1) is 0 Å². The maximum absolute atomic E-state index is 9.98. The molecule has 19 heavy (non-hydrogen) atoms. The first-order chi connectivity index (χ1) is 9.33. The molecule has 0 bridgehead atoms. The van der Waals surface area contributed by atoms with Crippen molar-refractivity contribution in [3.8, 4) is 0 Å². The van der Waals surface area contributed by atoms with E-state index in [0.29, 0.717) is 6.61 Å². The molecule has 0 saturated heterocycles. The van der Waals surface area contributed by atoms with Crippen molar-refractivity contribution >= 4 is 5.69 Å². The molecule has 0 radical (unpaired) electrons. The fourth-order valence-corrected chi connectivity index (χ4v) is 2.43. The van der Waals surface area contributed by atoms with Crippen molar-refractivity contribution in [2.75, 3.05) is 44.9 Å². The maximum Gasteiger partial charge on any atom is 0.0826 e. The van der Waals surface area contributed by atoms with Gasteiger partial charge in [0.15, 0.2) is 0 Å². The predicted octanol–water partition coefficient (Wildman–Crippen LogP) is 1.98. The number of rotatable bonds is 7. The van der Waals surface area contributed by atoms with Crippen molar-refractivity contribution in [3.05, 3.63) is 29.8 Å². The normalized spacial score (nSPS) is 18.4. The molecule has 0 saturated carbocycles. The molecule has 1 aliphatic rings. The van der Waals surface area contributed by atoms with E-state index in [9.17, 15) is 5.11 Å². The summed E-state index contributed by atoms with van der Waals surface area (Å²) in [4.78, 5) is 2.29. The lowest BCUT2D eigenvalue weighted by Crippen LogP contribution is -2.34. The number of methoxy groups -OCH3 is 1. The van der Waals surface area contributed by atoms with Crippen molar-refractivity contribution in [2.24, 2.45) is 0 Å². The molecule has 0 fully saturated rings. The summed E-state index contributed by atoms with van der Waals surface area (Å²) in [5.74, 6) is 0. The molecule has 0 amide bonds. The van der Waals surface area contributed by atoms with E-state index in [1.807, 2.05) is 18.2 Å². The summed E-state index contributed by atoms with van der Waals surface area (Å²) in [6, 6.07) is 8.07. The lowest BCUT2D eigenvalue weighted by Gasteiger charge is -2.33. The van der Waals surface area contributed by atoms with Crippen LogP contribution in [0.2, 0.25) is 0 Å². The molecule has 0 aliphatic carbocycles. The second-order valence-corrected chi connectivity index (χ2v) is 4.81. The second-order valence-electron chi connectivity index (χ2n) is 4.81. The Morgan fingerprint density at radius 3 is 2.95 bits per heavy atom. The number of aliphatic hydroxyl groups is 1. The summed E-state index contributed by atoms with van der Waals surface area (Å²) < 4.78 is 10.6. The van der Waals surface area contributed by atoms with Crippen molar-refractivity contribution in [1.29, 1.82) is 0 Å². The van der Waals surface area contributed by atoms with Crippen molar-refractivity contribution < 1.29 is 14.6 Å². The van der Waals surface area contributed by atoms with Gasteiger partial charge in [0.25, 0.3) is 0 Å². The lowest BCUT2D eigenvalue weighted by molar-refractivity contribution is 0.105. The zero-order valence-corrected chi connectivity index (χ0v) is 11.5. The molecule has 106 valence electrons. The standard InChI is InChI=1S/C15H23NO3/c1-18-10-4-11-19-12-9-16-8-7-15(17)13-5-2-3-6-14(13)16/h2-3,5-6,15,17H,4,7-12H2,1H3. The van der Waals surface area contributed by atoms with Crippen LogP contribution in [0.1, 0.15) is 24.5 Å². The van der Waals surface area contributed by atoms with E-state index in [0.717, 1.165) is 50.4 Å². The molecule has 0 aromatic heterocycles. The number of aliphatic hydroxyl groups excluding tert-OH is 1. The van der Waals surface area contributed by atoms with E-state index >= 15 is 0 Å². The highest BCUT2D eigenvalue weighted by molar-refractivity contribution is 5.56. The van der Waals surface area contributed by atoms with E-state index in [-0.39, 0.29) is 6.10 Å². The fraction of sp³-hybridized carbons (Fsp3) is 0.600. The Morgan fingerprint density at radius 2 is 2.11 bits per heavy atom. The smallest absolute Gasteiger partial charge is 0.0826 e. The predicted molar refractivity (Wildman–Crippen MR) is 75.5 cm³/mol. The highest BCUT2D eigenvalue weighted by atomic mass is 16.5. The van der Waals surface area contributed by atoms with Crippen LogP contribution in [0.15, 0.2) is 24.3 Å². The number of anilines is 1. The molecule has 1 atom stereocenters. The maximum atomic E-state index is 9.98. The van der Waals surface area contributed by atoms with E-state index in [2.05, 4.69) is 11.0 Å². The van der Waals surface area contributed by atoms with Crippen LogP contribution < -0.4 is 4.90 Å². The van der Waals surface area contributed by atoms with Gasteiger partial charge in [-0.25, -0.2) is 0 Å². The van der Waals surface area contributed by atoms with E-state index in [1.54, 1.807) is 7.11 Å². The SMILES string of the molecule is COCCCOCCN1CCC(O)c2ccccc21. The summed E-state index contributed by atoms with van der Waals surface area (Å²) >= 11 is 0. The minimum atomic E-state index is -0.324. The molecule has 0 spiro atoms. The van der Waals surface area contributed by atoms with Gasteiger partial charge in [0.2, 0.25) is 0 Å². The van der Waals surface area contributed by atoms with E-state index in [4.69, 9.17) is 9.47 Å². The number of hydrogen-bond acceptors (Lipinski definition) is 4. The largest absolute Gasteiger partial charge is 0.388 e. The Labute approximate surface area is 114 Å². The van der Waals surface area contributed by atoms with Crippen LogP contribution in [-0.4, -0.2) is 45.1 Å². The van der Waals surface area contributed by atoms with Crippen molar-refractivity contribution in [1.82, 2.24) is 0 Å². The van der Waals surface area contributed by atoms with Gasteiger partial charge in [-0.1, -0.05) is 18.2 Å². The summed E-state index contributed by atoms with van der Waals surface area (Å²) in [6.45, 7) is 3.97. The molecule has 1 aromatic rings. The molecule has 1 unspecified atom stereocenters.